The Morgan fingerprint density at radius 3 is 2.38 bits per heavy atom. The van der Waals surface area contributed by atoms with E-state index in [0.717, 1.165) is 30.9 Å². The van der Waals surface area contributed by atoms with Crippen molar-refractivity contribution in [3.8, 4) is 5.69 Å². The maximum atomic E-state index is 12.6. The fraction of sp³-hybridized carbons (Fsp3) is 0.444. The minimum Gasteiger partial charge on any atom is -0.350 e. The maximum Gasteiger partial charge on any atom is 0.435 e. The molecule has 1 aliphatic rings. The number of carbonyl (C=O) groups is 1. The number of halogens is 3. The summed E-state index contributed by atoms with van der Waals surface area (Å²) in [6.07, 6.45) is 1.22. The lowest BCUT2D eigenvalue weighted by molar-refractivity contribution is -0.141. The van der Waals surface area contributed by atoms with Crippen LogP contribution in [0, 0.1) is 0 Å². The third kappa shape index (κ3) is 4.07. The van der Waals surface area contributed by atoms with E-state index in [1.165, 1.54) is 10.9 Å². The number of nitrogens with one attached hydrogen (secondary N) is 1. The molecule has 0 spiro atoms. The van der Waals surface area contributed by atoms with Gasteiger partial charge >= 0.3 is 6.18 Å². The third-order valence-corrected chi connectivity index (χ3v) is 4.73. The summed E-state index contributed by atoms with van der Waals surface area (Å²) < 4.78 is 39.0. The molecule has 26 heavy (non-hydrogen) atoms. The number of hydrogen-bond donors (Lipinski definition) is 2. The van der Waals surface area contributed by atoms with Crippen LogP contribution in [0.5, 0.6) is 0 Å². The van der Waals surface area contributed by atoms with Crippen LogP contribution in [0.15, 0.2) is 36.5 Å². The van der Waals surface area contributed by atoms with E-state index in [1.54, 1.807) is 24.3 Å². The van der Waals surface area contributed by atoms with Gasteiger partial charge in [0, 0.05) is 12.7 Å². The lowest BCUT2D eigenvalue weighted by Crippen LogP contribution is -2.54. The van der Waals surface area contributed by atoms with Crippen molar-refractivity contribution in [1.29, 1.82) is 0 Å². The van der Waals surface area contributed by atoms with Crippen molar-refractivity contribution >= 4 is 5.91 Å². The summed E-state index contributed by atoms with van der Waals surface area (Å²) >= 11 is 0. The minimum absolute atomic E-state index is 0.150. The smallest absolute Gasteiger partial charge is 0.350 e. The molecule has 1 fully saturated rings. The largest absolute Gasteiger partial charge is 0.435 e. The second-order valence-electron chi connectivity index (χ2n) is 6.71. The number of nitrogens with two attached hydrogens (primary N) is 1. The Labute approximate surface area is 149 Å². The monoisotopic (exact) mass is 366 g/mol. The summed E-state index contributed by atoms with van der Waals surface area (Å²) in [4.78, 5) is 12.3. The Morgan fingerprint density at radius 1 is 1.15 bits per heavy atom. The van der Waals surface area contributed by atoms with Crippen molar-refractivity contribution < 1.29 is 18.0 Å². The zero-order chi connectivity index (χ0) is 18.8. The van der Waals surface area contributed by atoms with Gasteiger partial charge in [0.2, 0.25) is 5.91 Å². The van der Waals surface area contributed by atoms with Gasteiger partial charge in [0.25, 0.3) is 0 Å². The minimum atomic E-state index is -4.47. The molecular formula is C18H21F3N4O. The summed E-state index contributed by atoms with van der Waals surface area (Å²) in [6.45, 7) is 0.324. The van der Waals surface area contributed by atoms with E-state index in [4.69, 9.17) is 5.73 Å². The van der Waals surface area contributed by atoms with Crippen LogP contribution in [0.1, 0.15) is 43.4 Å². The Hall–Kier alpha value is -2.35. The zero-order valence-corrected chi connectivity index (χ0v) is 14.2. The van der Waals surface area contributed by atoms with Crippen LogP contribution in [0.4, 0.5) is 13.2 Å². The standard InChI is InChI=1S/C18H21F3N4O/c19-18(20,21)15-8-11-25(24-15)14-6-4-13(5-7-14)12-23-16(26)17(22)9-2-1-3-10-17/h4-8,11H,1-3,9-10,12,22H2,(H,23,26). The molecule has 3 N–H and O–H groups in total. The first-order chi connectivity index (χ1) is 12.3. The quantitative estimate of drug-likeness (QED) is 0.873. The first-order valence-corrected chi connectivity index (χ1v) is 8.57. The molecular weight excluding hydrogens is 345 g/mol. The summed E-state index contributed by atoms with van der Waals surface area (Å²) in [6, 6.07) is 7.74. The predicted octanol–water partition coefficient (Wildman–Crippen LogP) is 3.17. The van der Waals surface area contributed by atoms with Gasteiger partial charge in [0.15, 0.2) is 5.69 Å². The van der Waals surface area contributed by atoms with Gasteiger partial charge in [-0.2, -0.15) is 18.3 Å². The molecule has 1 aromatic carbocycles. The molecule has 1 aliphatic carbocycles. The number of carbonyl (C=O) groups excluding carboxylic acids is 1. The Morgan fingerprint density at radius 2 is 1.81 bits per heavy atom. The molecule has 140 valence electrons. The molecule has 1 heterocycles. The second kappa shape index (κ2) is 7.11. The molecule has 1 saturated carbocycles. The lowest BCUT2D eigenvalue weighted by Gasteiger charge is -2.31. The Balaban J connectivity index is 1.61. The first-order valence-electron chi connectivity index (χ1n) is 8.57. The van der Waals surface area contributed by atoms with E-state index in [1.807, 2.05) is 0 Å². The van der Waals surface area contributed by atoms with Crippen LogP contribution >= 0.6 is 0 Å². The second-order valence-corrected chi connectivity index (χ2v) is 6.71. The molecule has 8 heteroatoms. The van der Waals surface area contributed by atoms with E-state index in [2.05, 4.69) is 10.4 Å². The lowest BCUT2D eigenvalue weighted by atomic mass is 9.82. The van der Waals surface area contributed by atoms with E-state index >= 15 is 0 Å². The van der Waals surface area contributed by atoms with Gasteiger partial charge in [-0.25, -0.2) is 4.68 Å². The summed E-state index contributed by atoms with van der Waals surface area (Å²) in [5.74, 6) is -0.150. The SMILES string of the molecule is NC1(C(=O)NCc2ccc(-n3ccc(C(F)(F)F)n3)cc2)CCCCC1. The van der Waals surface area contributed by atoms with Crippen LogP contribution in [0.25, 0.3) is 5.69 Å². The van der Waals surface area contributed by atoms with Gasteiger partial charge in [-0.15, -0.1) is 0 Å². The fourth-order valence-electron chi connectivity index (χ4n) is 3.15. The third-order valence-electron chi connectivity index (χ3n) is 4.73. The van der Waals surface area contributed by atoms with Crippen molar-refractivity contribution in [2.45, 2.75) is 50.4 Å². The number of rotatable bonds is 4. The molecule has 0 atom stereocenters. The van der Waals surface area contributed by atoms with Crippen molar-refractivity contribution in [1.82, 2.24) is 15.1 Å². The van der Waals surface area contributed by atoms with Gasteiger partial charge in [0.05, 0.1) is 11.2 Å². The highest BCUT2D eigenvalue weighted by atomic mass is 19.4. The van der Waals surface area contributed by atoms with Crippen LogP contribution in [0.2, 0.25) is 0 Å². The normalized spacial score (nSPS) is 17.1. The highest BCUT2D eigenvalue weighted by molar-refractivity contribution is 5.86. The molecule has 0 bridgehead atoms. The van der Waals surface area contributed by atoms with E-state index in [-0.39, 0.29) is 5.91 Å². The number of hydrogen-bond acceptors (Lipinski definition) is 3. The van der Waals surface area contributed by atoms with Gasteiger partial charge in [0.1, 0.15) is 0 Å². The Bertz CT molecular complexity index is 761. The van der Waals surface area contributed by atoms with Crippen LogP contribution in [-0.4, -0.2) is 21.2 Å². The number of aromatic nitrogens is 2. The van der Waals surface area contributed by atoms with Crippen molar-refractivity contribution in [2.24, 2.45) is 5.73 Å². The van der Waals surface area contributed by atoms with Gasteiger partial charge < -0.3 is 11.1 Å². The molecule has 5 nitrogen and oxygen atoms in total. The van der Waals surface area contributed by atoms with E-state index in [0.29, 0.717) is 25.1 Å². The molecule has 0 saturated heterocycles. The molecule has 2 aromatic rings. The molecule has 0 aliphatic heterocycles. The number of nitrogens with zero attached hydrogens (tertiary/aromatic N) is 2. The van der Waals surface area contributed by atoms with Gasteiger partial charge in [-0.3, -0.25) is 4.79 Å². The number of benzene rings is 1. The number of amides is 1. The van der Waals surface area contributed by atoms with Crippen LogP contribution < -0.4 is 11.1 Å². The van der Waals surface area contributed by atoms with Crippen molar-refractivity contribution in [3.05, 3.63) is 47.8 Å². The molecule has 1 amide bonds. The van der Waals surface area contributed by atoms with Crippen LogP contribution in [-0.2, 0) is 17.5 Å². The zero-order valence-electron chi connectivity index (χ0n) is 14.2. The van der Waals surface area contributed by atoms with Gasteiger partial charge in [-0.05, 0) is 36.6 Å². The van der Waals surface area contributed by atoms with Crippen molar-refractivity contribution in [3.63, 3.8) is 0 Å². The molecule has 3 rings (SSSR count). The molecule has 1 aromatic heterocycles. The summed E-state index contributed by atoms with van der Waals surface area (Å²) in [5, 5.41) is 6.39. The highest BCUT2D eigenvalue weighted by Gasteiger charge is 2.35. The molecule has 0 unspecified atom stereocenters. The summed E-state index contributed by atoms with van der Waals surface area (Å²) in [7, 11) is 0. The van der Waals surface area contributed by atoms with Crippen LogP contribution in [0.3, 0.4) is 0 Å². The average Bonchev–Trinajstić information content (AvgIpc) is 3.11. The average molecular weight is 366 g/mol. The topological polar surface area (TPSA) is 72.9 Å². The maximum absolute atomic E-state index is 12.6. The summed E-state index contributed by atoms with van der Waals surface area (Å²) in [5.41, 5.74) is 5.81. The Kier molecular flexibility index (Phi) is 5.04. The number of alkyl halides is 3. The van der Waals surface area contributed by atoms with Gasteiger partial charge in [-0.1, -0.05) is 31.4 Å². The highest BCUT2D eigenvalue weighted by Crippen LogP contribution is 2.28. The van der Waals surface area contributed by atoms with Crippen molar-refractivity contribution in [2.75, 3.05) is 0 Å². The van der Waals surface area contributed by atoms with E-state index < -0.39 is 17.4 Å². The predicted molar refractivity (Wildman–Crippen MR) is 90.4 cm³/mol. The molecule has 0 radical (unpaired) electrons. The van der Waals surface area contributed by atoms with E-state index in [9.17, 15) is 18.0 Å². The fourth-order valence-corrected chi connectivity index (χ4v) is 3.15. The first kappa shape index (κ1) is 18.4.